The van der Waals surface area contributed by atoms with E-state index in [2.05, 4.69) is 0 Å². The van der Waals surface area contributed by atoms with Crippen molar-refractivity contribution in [1.82, 2.24) is 0 Å². The molecule has 16 heavy (non-hydrogen) atoms. The van der Waals surface area contributed by atoms with E-state index >= 15 is 0 Å². The summed E-state index contributed by atoms with van der Waals surface area (Å²) in [6.45, 7) is 0. The van der Waals surface area contributed by atoms with Crippen molar-refractivity contribution in [3.8, 4) is 11.5 Å². The highest BCUT2D eigenvalue weighted by Gasteiger charge is 2.32. The van der Waals surface area contributed by atoms with Gasteiger partial charge in [-0.25, -0.2) is 0 Å². The van der Waals surface area contributed by atoms with Gasteiger partial charge in [0.15, 0.2) is 11.5 Å². The standard InChI is InChI=1S/C9H9B2NO4/c10-9(11,7(12)8(15)16)4-1-2-5(13)6(14)3-4/h1-3,7,13-14H,12H2,(H,15,16). The number of aromatic hydroxyl groups is 2. The molecule has 0 aromatic heterocycles. The monoisotopic (exact) mass is 217 g/mol. The molecule has 1 aromatic carbocycles. The van der Waals surface area contributed by atoms with Crippen LogP contribution in [0, 0.1) is 0 Å². The second-order valence-electron chi connectivity index (χ2n) is 3.45. The van der Waals surface area contributed by atoms with Gasteiger partial charge >= 0.3 is 5.97 Å². The Hall–Kier alpha value is -1.62. The molecule has 0 aliphatic heterocycles. The van der Waals surface area contributed by atoms with Crippen LogP contribution in [0.3, 0.4) is 0 Å². The number of phenolic OH excluding ortho intramolecular Hbond substituents is 2. The molecule has 1 atom stereocenters. The zero-order valence-electron chi connectivity index (χ0n) is 8.29. The Morgan fingerprint density at radius 2 is 1.88 bits per heavy atom. The minimum atomic E-state index is -1.84. The molecule has 80 valence electrons. The van der Waals surface area contributed by atoms with Crippen LogP contribution in [0.4, 0.5) is 0 Å². The third-order valence-electron chi connectivity index (χ3n) is 2.26. The van der Waals surface area contributed by atoms with Gasteiger partial charge in [0, 0.05) is 0 Å². The number of phenols is 2. The van der Waals surface area contributed by atoms with Crippen LogP contribution in [-0.2, 0) is 10.0 Å². The van der Waals surface area contributed by atoms with E-state index < -0.39 is 23.0 Å². The summed E-state index contributed by atoms with van der Waals surface area (Å²) >= 11 is 0. The highest BCUT2D eigenvalue weighted by molar-refractivity contribution is 6.42. The fourth-order valence-electron chi connectivity index (χ4n) is 1.18. The lowest BCUT2D eigenvalue weighted by Crippen LogP contribution is -2.51. The molecule has 7 heteroatoms. The molecule has 5 N–H and O–H groups in total. The maximum Gasteiger partial charge on any atom is 0.319 e. The largest absolute Gasteiger partial charge is 0.504 e. The number of hydrogen-bond donors (Lipinski definition) is 4. The number of carbonyl (C=O) groups is 1. The zero-order valence-corrected chi connectivity index (χ0v) is 8.29. The van der Waals surface area contributed by atoms with E-state index in [-0.39, 0.29) is 11.3 Å². The molecule has 0 aliphatic carbocycles. The SMILES string of the molecule is [B]C([B])(c1ccc(O)c(O)c1)C(N)C(=O)O. The number of carboxylic acid groups (broad SMARTS) is 1. The van der Waals surface area contributed by atoms with Crippen molar-refractivity contribution >= 4 is 21.7 Å². The van der Waals surface area contributed by atoms with Gasteiger partial charge in [-0.15, -0.1) is 0 Å². The van der Waals surface area contributed by atoms with Gasteiger partial charge in [-0.1, -0.05) is 16.8 Å². The molecule has 0 saturated heterocycles. The van der Waals surface area contributed by atoms with Gasteiger partial charge in [0.1, 0.15) is 0 Å². The fourth-order valence-corrected chi connectivity index (χ4v) is 1.18. The quantitative estimate of drug-likeness (QED) is 0.383. The highest BCUT2D eigenvalue weighted by atomic mass is 16.4. The summed E-state index contributed by atoms with van der Waals surface area (Å²) in [4.78, 5) is 10.7. The molecule has 0 saturated carbocycles. The zero-order chi connectivity index (χ0) is 12.5. The summed E-state index contributed by atoms with van der Waals surface area (Å²) in [5, 5.41) is 25.2. The van der Waals surface area contributed by atoms with Crippen molar-refractivity contribution in [2.24, 2.45) is 5.73 Å². The Kier molecular flexibility index (Phi) is 3.19. The summed E-state index contributed by atoms with van der Waals surface area (Å²) in [6.07, 6.45) is 0. The van der Waals surface area contributed by atoms with Crippen molar-refractivity contribution < 1.29 is 20.1 Å². The molecule has 1 rings (SSSR count). The van der Waals surface area contributed by atoms with Crippen LogP contribution in [0.15, 0.2) is 18.2 Å². The van der Waals surface area contributed by atoms with Gasteiger partial charge in [-0.3, -0.25) is 4.79 Å². The molecule has 0 bridgehead atoms. The van der Waals surface area contributed by atoms with Crippen molar-refractivity contribution in [3.63, 3.8) is 0 Å². The highest BCUT2D eigenvalue weighted by Crippen LogP contribution is 2.30. The molecule has 0 amide bonds. The number of nitrogens with two attached hydrogens (primary N) is 1. The topological polar surface area (TPSA) is 104 Å². The first kappa shape index (κ1) is 12.4. The third kappa shape index (κ3) is 2.14. The van der Waals surface area contributed by atoms with E-state index in [4.69, 9.17) is 31.6 Å². The molecule has 0 aliphatic rings. The molecule has 1 aromatic rings. The van der Waals surface area contributed by atoms with E-state index in [1.54, 1.807) is 0 Å². The third-order valence-corrected chi connectivity index (χ3v) is 2.26. The van der Waals surface area contributed by atoms with Crippen molar-refractivity contribution in [1.29, 1.82) is 0 Å². The van der Waals surface area contributed by atoms with Crippen LogP contribution in [0.2, 0.25) is 0 Å². The van der Waals surface area contributed by atoms with Crippen LogP contribution in [0.5, 0.6) is 11.5 Å². The molecule has 1 unspecified atom stereocenters. The first-order chi connectivity index (χ1) is 7.26. The fraction of sp³-hybridized carbons (Fsp3) is 0.222. The molecule has 0 fully saturated rings. The average Bonchev–Trinajstić information content (AvgIpc) is 2.20. The summed E-state index contributed by atoms with van der Waals surface area (Å²) in [5.41, 5.74) is 5.43. The second-order valence-corrected chi connectivity index (χ2v) is 3.45. The normalized spacial score (nSPS) is 13.3. The predicted octanol–water partition coefficient (Wildman–Crippen LogP) is -1.00. The van der Waals surface area contributed by atoms with Crippen molar-refractivity contribution in [2.75, 3.05) is 0 Å². The van der Waals surface area contributed by atoms with Gasteiger partial charge < -0.3 is 21.1 Å². The van der Waals surface area contributed by atoms with E-state index in [1.165, 1.54) is 6.07 Å². The van der Waals surface area contributed by atoms with Crippen LogP contribution < -0.4 is 5.73 Å². The first-order valence-electron chi connectivity index (χ1n) is 4.35. The van der Waals surface area contributed by atoms with Gasteiger partial charge in [0.2, 0.25) is 0 Å². The number of benzene rings is 1. The maximum atomic E-state index is 10.7. The summed E-state index contributed by atoms with van der Waals surface area (Å²) < 4.78 is 0. The lowest BCUT2D eigenvalue weighted by atomic mass is 9.47. The predicted molar refractivity (Wildman–Crippen MR) is 58.6 cm³/mol. The molecular weight excluding hydrogens is 208 g/mol. The minimum absolute atomic E-state index is 0.109. The van der Waals surface area contributed by atoms with E-state index in [1.807, 2.05) is 0 Å². The van der Waals surface area contributed by atoms with Crippen molar-refractivity contribution in [3.05, 3.63) is 23.8 Å². The first-order valence-corrected chi connectivity index (χ1v) is 4.35. The maximum absolute atomic E-state index is 10.7. The Morgan fingerprint density at radius 1 is 1.31 bits per heavy atom. The molecule has 0 spiro atoms. The Bertz CT molecular complexity index is 422. The summed E-state index contributed by atoms with van der Waals surface area (Å²) in [6, 6.07) is 1.97. The van der Waals surface area contributed by atoms with Gasteiger partial charge in [-0.05, 0) is 12.1 Å². The van der Waals surface area contributed by atoms with Crippen LogP contribution in [0.1, 0.15) is 5.56 Å². The lowest BCUT2D eigenvalue weighted by Gasteiger charge is -2.30. The molecular formula is C9H9B2NO4. The van der Waals surface area contributed by atoms with Crippen LogP contribution in [0.25, 0.3) is 0 Å². The Labute approximate surface area is 94.7 Å². The molecule has 0 heterocycles. The van der Waals surface area contributed by atoms with Gasteiger partial charge in [0.25, 0.3) is 0 Å². The molecule has 4 radical (unpaired) electrons. The smallest absolute Gasteiger partial charge is 0.319 e. The summed E-state index contributed by atoms with van der Waals surface area (Å²) in [5.74, 6) is -2.17. The van der Waals surface area contributed by atoms with Crippen molar-refractivity contribution in [2.45, 2.75) is 11.3 Å². The number of hydrogen-bond acceptors (Lipinski definition) is 4. The van der Waals surface area contributed by atoms with E-state index in [0.717, 1.165) is 12.1 Å². The summed E-state index contributed by atoms with van der Waals surface area (Å²) in [7, 11) is 11.2. The van der Waals surface area contributed by atoms with Crippen LogP contribution in [-0.4, -0.2) is 43.0 Å². The number of aliphatic carboxylic acids is 1. The number of rotatable bonds is 3. The number of carboxylic acids is 1. The van der Waals surface area contributed by atoms with Gasteiger partial charge in [-0.2, -0.15) is 0 Å². The Balaban J connectivity index is 3.16. The van der Waals surface area contributed by atoms with E-state index in [0.29, 0.717) is 0 Å². The van der Waals surface area contributed by atoms with E-state index in [9.17, 15) is 9.90 Å². The Morgan fingerprint density at radius 3 is 2.31 bits per heavy atom. The van der Waals surface area contributed by atoms with Gasteiger partial charge in [0.05, 0.1) is 21.7 Å². The van der Waals surface area contributed by atoms with Crippen LogP contribution >= 0.6 is 0 Å². The lowest BCUT2D eigenvalue weighted by molar-refractivity contribution is -0.138. The average molecular weight is 217 g/mol. The minimum Gasteiger partial charge on any atom is -0.504 e. The molecule has 5 nitrogen and oxygen atoms in total. The second kappa shape index (κ2) is 4.09.